The van der Waals surface area contributed by atoms with Crippen molar-refractivity contribution in [2.24, 2.45) is 0 Å². The minimum atomic E-state index is -0.926. The lowest BCUT2D eigenvalue weighted by atomic mass is 9.90. The van der Waals surface area contributed by atoms with Crippen molar-refractivity contribution in [3.05, 3.63) is 70.0 Å². The third-order valence-corrected chi connectivity index (χ3v) is 7.49. The van der Waals surface area contributed by atoms with Crippen LogP contribution >= 0.6 is 23.4 Å². The van der Waals surface area contributed by atoms with Crippen molar-refractivity contribution in [3.63, 3.8) is 0 Å². The second-order valence-electron chi connectivity index (χ2n) is 8.85. The summed E-state index contributed by atoms with van der Waals surface area (Å²) in [7, 11) is 0. The smallest absolute Gasteiger partial charge is 0.335 e. The number of amides is 2. The molecule has 0 saturated heterocycles. The summed E-state index contributed by atoms with van der Waals surface area (Å²) < 4.78 is 25.7. The van der Waals surface area contributed by atoms with Gasteiger partial charge in [-0.2, -0.15) is 0 Å². The maximum atomic E-state index is 15.4. The van der Waals surface area contributed by atoms with Crippen molar-refractivity contribution < 1.29 is 33.0 Å². The van der Waals surface area contributed by atoms with Crippen molar-refractivity contribution in [1.82, 2.24) is 0 Å². The van der Waals surface area contributed by atoms with Crippen LogP contribution in [0.4, 0.5) is 10.1 Å². The molecule has 0 atom stereocenters. The number of rotatable bonds is 11. The first kappa shape index (κ1) is 30.9. The van der Waals surface area contributed by atoms with Gasteiger partial charge in [-0.05, 0) is 56.4 Å². The van der Waals surface area contributed by atoms with E-state index in [-0.39, 0.29) is 64.1 Å². The molecule has 1 aliphatic carbocycles. The number of imide groups is 1. The molecule has 0 saturated carbocycles. The first-order chi connectivity index (χ1) is 19.3. The Morgan fingerprint density at radius 2 is 1.75 bits per heavy atom. The van der Waals surface area contributed by atoms with Crippen molar-refractivity contribution in [3.8, 4) is 12.3 Å². The normalized spacial score (nSPS) is 12.8. The molecule has 0 N–H and O–H groups in total. The second-order valence-corrected chi connectivity index (χ2v) is 10.3. The van der Waals surface area contributed by atoms with Gasteiger partial charge in [0.05, 0.1) is 23.1 Å². The molecule has 2 aromatic rings. The van der Waals surface area contributed by atoms with Gasteiger partial charge in [0, 0.05) is 21.6 Å². The number of benzene rings is 2. The van der Waals surface area contributed by atoms with Gasteiger partial charge in [-0.1, -0.05) is 49.1 Å². The molecule has 0 spiro atoms. The number of carbonyl (C=O) groups is 4. The van der Waals surface area contributed by atoms with Crippen LogP contribution in [-0.2, 0) is 23.9 Å². The summed E-state index contributed by atoms with van der Waals surface area (Å²) in [4.78, 5) is 53.5. The Morgan fingerprint density at radius 1 is 1.05 bits per heavy atom. The Balaban J connectivity index is 2.05. The van der Waals surface area contributed by atoms with E-state index in [1.807, 2.05) is 6.92 Å². The fourth-order valence-electron chi connectivity index (χ4n) is 4.03. The standard InChI is InChI=1S/C30H29ClFNO6S/c1-3-5-16-38-27(34)19-40-26-18-25(24(32)17-23(26)31)33(28(35)20-11-7-6-8-12-20)29(36)21-13-9-10-14-22(21)30(37)39-15-4-2/h2,6-8,11-12,17-18H,3,5,9-10,13-16,19H2,1H3. The van der Waals surface area contributed by atoms with E-state index >= 15 is 4.39 Å². The average Bonchev–Trinajstić information content (AvgIpc) is 2.96. The Labute approximate surface area is 242 Å². The van der Waals surface area contributed by atoms with Crippen LogP contribution in [0.25, 0.3) is 0 Å². The monoisotopic (exact) mass is 585 g/mol. The highest BCUT2D eigenvalue weighted by atomic mass is 35.5. The summed E-state index contributed by atoms with van der Waals surface area (Å²) in [6.07, 6.45) is 8.46. The summed E-state index contributed by atoms with van der Waals surface area (Å²) in [5.74, 6) is -1.69. The summed E-state index contributed by atoms with van der Waals surface area (Å²) in [5.41, 5.74) is -0.0666. The summed E-state index contributed by atoms with van der Waals surface area (Å²) in [6, 6.07) is 10.1. The summed E-state index contributed by atoms with van der Waals surface area (Å²) in [6.45, 7) is 1.98. The number of ether oxygens (including phenoxy) is 2. The highest BCUT2D eigenvalue weighted by molar-refractivity contribution is 8.00. The van der Waals surface area contributed by atoms with E-state index in [4.69, 9.17) is 27.5 Å². The first-order valence-electron chi connectivity index (χ1n) is 12.8. The number of unbranched alkanes of at least 4 members (excludes halogenated alkanes) is 1. The molecule has 1 aliphatic rings. The predicted molar refractivity (Wildman–Crippen MR) is 152 cm³/mol. The lowest BCUT2D eigenvalue weighted by molar-refractivity contribution is -0.140. The number of hydrogen-bond acceptors (Lipinski definition) is 7. The van der Waals surface area contributed by atoms with Gasteiger partial charge in [-0.25, -0.2) is 14.1 Å². The first-order valence-corrected chi connectivity index (χ1v) is 14.2. The van der Waals surface area contributed by atoms with Crippen molar-refractivity contribution in [2.75, 3.05) is 23.9 Å². The van der Waals surface area contributed by atoms with Gasteiger partial charge in [0.1, 0.15) is 5.82 Å². The van der Waals surface area contributed by atoms with Gasteiger partial charge in [-0.15, -0.1) is 18.2 Å². The van der Waals surface area contributed by atoms with Crippen molar-refractivity contribution in [1.29, 1.82) is 0 Å². The Morgan fingerprint density at radius 3 is 2.42 bits per heavy atom. The van der Waals surface area contributed by atoms with E-state index in [1.165, 1.54) is 18.2 Å². The maximum Gasteiger partial charge on any atom is 0.335 e. The zero-order valence-corrected chi connectivity index (χ0v) is 23.6. The van der Waals surface area contributed by atoms with E-state index in [0.29, 0.717) is 17.7 Å². The number of hydrogen-bond donors (Lipinski definition) is 0. The largest absolute Gasteiger partial charge is 0.465 e. The Bertz CT molecular complexity index is 1340. The predicted octanol–water partition coefficient (Wildman–Crippen LogP) is 6.13. The quantitative estimate of drug-likeness (QED) is 0.103. The highest BCUT2D eigenvalue weighted by Crippen LogP contribution is 2.36. The third-order valence-electron chi connectivity index (χ3n) is 6.03. The topological polar surface area (TPSA) is 90.0 Å². The molecule has 7 nitrogen and oxygen atoms in total. The molecule has 40 heavy (non-hydrogen) atoms. The SMILES string of the molecule is C#CCOC(=O)C1=C(C(=O)N(C(=O)c2ccccc2)c2cc(SCC(=O)OCCCC)c(Cl)cc2F)CCCC1. The fraction of sp³-hybridized carbons (Fsp3) is 0.333. The molecule has 2 amide bonds. The second kappa shape index (κ2) is 15.2. The van der Waals surface area contributed by atoms with Gasteiger partial charge in [0.2, 0.25) is 0 Å². The Kier molecular flexibility index (Phi) is 11.8. The van der Waals surface area contributed by atoms with E-state index in [9.17, 15) is 19.2 Å². The van der Waals surface area contributed by atoms with E-state index < -0.39 is 29.6 Å². The van der Waals surface area contributed by atoms with Crippen molar-refractivity contribution >= 4 is 52.8 Å². The van der Waals surface area contributed by atoms with E-state index in [0.717, 1.165) is 30.7 Å². The molecule has 0 heterocycles. The van der Waals surface area contributed by atoms with Crippen LogP contribution in [0.5, 0.6) is 0 Å². The molecular formula is C30H29ClFNO6S. The molecular weight excluding hydrogens is 557 g/mol. The number of carbonyl (C=O) groups excluding carboxylic acids is 4. The van der Waals surface area contributed by atoms with E-state index in [1.54, 1.807) is 18.2 Å². The zero-order valence-electron chi connectivity index (χ0n) is 22.0. The van der Waals surface area contributed by atoms with Gasteiger partial charge in [0.15, 0.2) is 6.61 Å². The van der Waals surface area contributed by atoms with Gasteiger partial charge >= 0.3 is 11.9 Å². The zero-order chi connectivity index (χ0) is 29.1. The highest BCUT2D eigenvalue weighted by Gasteiger charge is 2.34. The number of terminal acetylenes is 1. The molecule has 0 aromatic heterocycles. The molecule has 0 bridgehead atoms. The molecule has 2 aromatic carbocycles. The molecule has 0 unspecified atom stereocenters. The van der Waals surface area contributed by atoms with Crippen LogP contribution in [0.15, 0.2) is 58.5 Å². The molecule has 3 rings (SSSR count). The van der Waals surface area contributed by atoms with Crippen LogP contribution in [0.2, 0.25) is 5.02 Å². The minimum Gasteiger partial charge on any atom is -0.465 e. The molecule has 10 heteroatoms. The lowest BCUT2D eigenvalue weighted by Gasteiger charge is -2.26. The Hall–Kier alpha value is -3.61. The average molecular weight is 586 g/mol. The molecule has 0 fully saturated rings. The maximum absolute atomic E-state index is 15.4. The third kappa shape index (κ3) is 7.96. The van der Waals surface area contributed by atoms with Crippen LogP contribution in [0.3, 0.4) is 0 Å². The number of halogens is 2. The number of anilines is 1. The number of nitrogens with zero attached hydrogens (tertiary/aromatic N) is 1. The summed E-state index contributed by atoms with van der Waals surface area (Å²) >= 11 is 7.26. The van der Waals surface area contributed by atoms with Crippen LogP contribution in [0.1, 0.15) is 55.8 Å². The number of thioether (sulfide) groups is 1. The molecule has 0 aliphatic heterocycles. The summed E-state index contributed by atoms with van der Waals surface area (Å²) in [5, 5.41) is 0.00241. The van der Waals surface area contributed by atoms with Crippen LogP contribution in [-0.4, -0.2) is 42.7 Å². The van der Waals surface area contributed by atoms with E-state index in [2.05, 4.69) is 5.92 Å². The lowest BCUT2D eigenvalue weighted by Crippen LogP contribution is -2.40. The van der Waals surface area contributed by atoms with Crippen molar-refractivity contribution in [2.45, 2.75) is 50.3 Å². The van der Waals surface area contributed by atoms with Gasteiger partial charge in [-0.3, -0.25) is 14.4 Å². The van der Waals surface area contributed by atoms with Crippen LogP contribution in [0, 0.1) is 18.2 Å². The minimum absolute atomic E-state index is 0.00241. The fourth-order valence-corrected chi connectivity index (χ4v) is 5.09. The van der Waals surface area contributed by atoms with Gasteiger partial charge in [0.25, 0.3) is 11.8 Å². The van der Waals surface area contributed by atoms with Crippen LogP contribution < -0.4 is 4.90 Å². The molecule has 0 radical (unpaired) electrons. The van der Waals surface area contributed by atoms with Gasteiger partial charge < -0.3 is 9.47 Å². The number of esters is 2. The molecule has 210 valence electrons.